The molecule has 0 atom stereocenters. The second-order valence-corrected chi connectivity index (χ2v) is 6.37. The molecule has 0 saturated heterocycles. The van der Waals surface area contributed by atoms with Gasteiger partial charge in [0.25, 0.3) is 0 Å². The van der Waals surface area contributed by atoms with Gasteiger partial charge in [-0.15, -0.1) is 0 Å². The van der Waals surface area contributed by atoms with E-state index in [-0.39, 0.29) is 6.54 Å². The lowest BCUT2D eigenvalue weighted by Gasteiger charge is -2.21. The molecule has 0 aliphatic rings. The Morgan fingerprint density at radius 2 is 1.37 bits per heavy atom. The topological polar surface area (TPSA) is 73.4 Å². The molecule has 0 bridgehead atoms. The Morgan fingerprint density at radius 3 is 1.89 bits per heavy atom. The number of rotatable bonds is 6. The molecular weight excluding hydrogens is 338 g/mol. The molecule has 1 amide bonds. The van der Waals surface area contributed by atoms with Crippen LogP contribution in [0.1, 0.15) is 16.7 Å². The molecule has 138 valence electrons. The molecule has 5 nitrogen and oxygen atoms in total. The molecule has 0 fully saturated rings. The van der Waals surface area contributed by atoms with Crippen LogP contribution in [0.3, 0.4) is 0 Å². The van der Waals surface area contributed by atoms with Crippen molar-refractivity contribution in [1.82, 2.24) is 5.32 Å². The molecule has 0 heterocycles. The predicted molar refractivity (Wildman–Crippen MR) is 110 cm³/mol. The summed E-state index contributed by atoms with van der Waals surface area (Å²) in [5, 5.41) is 18.4. The SMILES string of the molecule is Cc1cc(CNC(=O)O)c(Nc2ccccc2)c(C)c1Nc1ccccc1. The van der Waals surface area contributed by atoms with E-state index in [9.17, 15) is 4.79 Å². The fourth-order valence-corrected chi connectivity index (χ4v) is 3.08. The molecule has 0 aliphatic carbocycles. The second kappa shape index (κ2) is 8.27. The first-order valence-corrected chi connectivity index (χ1v) is 8.78. The number of anilines is 4. The van der Waals surface area contributed by atoms with Gasteiger partial charge < -0.3 is 21.1 Å². The lowest BCUT2D eigenvalue weighted by molar-refractivity contribution is 0.194. The number of carbonyl (C=O) groups is 1. The summed E-state index contributed by atoms with van der Waals surface area (Å²) in [5.41, 5.74) is 6.85. The van der Waals surface area contributed by atoms with Crippen molar-refractivity contribution in [2.45, 2.75) is 20.4 Å². The molecule has 0 aromatic heterocycles. The normalized spacial score (nSPS) is 10.3. The summed E-state index contributed by atoms with van der Waals surface area (Å²) in [5.74, 6) is 0. The average molecular weight is 361 g/mol. The predicted octanol–water partition coefficient (Wildman–Crippen LogP) is 5.56. The van der Waals surface area contributed by atoms with Gasteiger partial charge in [-0.25, -0.2) is 4.79 Å². The summed E-state index contributed by atoms with van der Waals surface area (Å²) >= 11 is 0. The van der Waals surface area contributed by atoms with Gasteiger partial charge in [0.05, 0.1) is 0 Å². The van der Waals surface area contributed by atoms with Gasteiger partial charge in [-0.2, -0.15) is 0 Å². The Hall–Kier alpha value is -3.47. The highest BCUT2D eigenvalue weighted by molar-refractivity contribution is 5.79. The first-order valence-electron chi connectivity index (χ1n) is 8.78. The second-order valence-electron chi connectivity index (χ2n) is 6.37. The van der Waals surface area contributed by atoms with Crippen LogP contribution in [0, 0.1) is 13.8 Å². The molecule has 27 heavy (non-hydrogen) atoms. The lowest BCUT2D eigenvalue weighted by Crippen LogP contribution is -2.21. The summed E-state index contributed by atoms with van der Waals surface area (Å²) in [6.45, 7) is 4.29. The molecule has 0 spiro atoms. The van der Waals surface area contributed by atoms with Crippen molar-refractivity contribution in [1.29, 1.82) is 0 Å². The third-order valence-corrected chi connectivity index (χ3v) is 4.37. The van der Waals surface area contributed by atoms with Gasteiger partial charge in [0.2, 0.25) is 0 Å². The largest absolute Gasteiger partial charge is 0.465 e. The first kappa shape index (κ1) is 18.3. The van der Waals surface area contributed by atoms with Crippen molar-refractivity contribution in [3.05, 3.63) is 83.4 Å². The third kappa shape index (κ3) is 4.58. The van der Waals surface area contributed by atoms with Crippen molar-refractivity contribution in [3.8, 4) is 0 Å². The van der Waals surface area contributed by atoms with Crippen molar-refractivity contribution in [3.63, 3.8) is 0 Å². The van der Waals surface area contributed by atoms with Crippen LogP contribution < -0.4 is 16.0 Å². The van der Waals surface area contributed by atoms with E-state index in [1.807, 2.05) is 80.6 Å². The molecule has 3 aromatic rings. The zero-order chi connectivity index (χ0) is 19.2. The molecule has 0 saturated carbocycles. The number of nitrogens with one attached hydrogen (secondary N) is 3. The number of hydrogen-bond acceptors (Lipinski definition) is 3. The molecule has 0 unspecified atom stereocenters. The standard InChI is InChI=1S/C22H23N3O2/c1-15-13-17(14-23-22(26)27)21(25-19-11-7-4-8-12-19)16(2)20(15)24-18-9-5-3-6-10-18/h3-13,23-25H,14H2,1-2H3,(H,26,27). The highest BCUT2D eigenvalue weighted by Gasteiger charge is 2.14. The van der Waals surface area contributed by atoms with E-state index in [0.717, 1.165) is 39.4 Å². The van der Waals surface area contributed by atoms with Gasteiger partial charge in [0.15, 0.2) is 0 Å². The van der Waals surface area contributed by atoms with E-state index < -0.39 is 6.09 Å². The summed E-state index contributed by atoms with van der Waals surface area (Å²) in [4.78, 5) is 11.0. The quantitative estimate of drug-likeness (QED) is 0.464. The minimum absolute atomic E-state index is 0.234. The van der Waals surface area contributed by atoms with Crippen molar-refractivity contribution in [2.24, 2.45) is 0 Å². The van der Waals surface area contributed by atoms with Crippen LogP contribution in [0.5, 0.6) is 0 Å². The number of benzene rings is 3. The third-order valence-electron chi connectivity index (χ3n) is 4.37. The molecule has 0 aliphatic heterocycles. The summed E-state index contributed by atoms with van der Waals surface area (Å²) in [6, 6.07) is 21.9. The number of aryl methyl sites for hydroxylation is 1. The van der Waals surface area contributed by atoms with Crippen molar-refractivity contribution >= 4 is 28.8 Å². The van der Waals surface area contributed by atoms with Crippen molar-refractivity contribution < 1.29 is 9.90 Å². The fraction of sp³-hybridized carbons (Fsp3) is 0.136. The van der Waals surface area contributed by atoms with Crippen molar-refractivity contribution in [2.75, 3.05) is 10.6 Å². The number of hydrogen-bond donors (Lipinski definition) is 4. The monoisotopic (exact) mass is 361 g/mol. The Labute approximate surface area is 159 Å². The summed E-state index contributed by atoms with van der Waals surface area (Å²) < 4.78 is 0. The summed E-state index contributed by atoms with van der Waals surface area (Å²) in [6.07, 6.45) is -1.04. The van der Waals surface area contributed by atoms with E-state index in [0.29, 0.717) is 0 Å². The first-order chi connectivity index (χ1) is 13.0. The Morgan fingerprint density at radius 1 is 0.852 bits per heavy atom. The minimum Gasteiger partial charge on any atom is -0.465 e. The van der Waals surface area contributed by atoms with Gasteiger partial charge >= 0.3 is 6.09 Å². The van der Waals surface area contributed by atoms with Crippen LogP contribution in [0.4, 0.5) is 27.5 Å². The molecule has 3 rings (SSSR count). The molecule has 0 radical (unpaired) electrons. The fourth-order valence-electron chi connectivity index (χ4n) is 3.08. The van der Waals surface area contributed by atoms with Crippen LogP contribution in [0.2, 0.25) is 0 Å². The zero-order valence-corrected chi connectivity index (χ0v) is 15.4. The molecule has 4 N–H and O–H groups in total. The van der Waals surface area contributed by atoms with Gasteiger partial charge in [0.1, 0.15) is 0 Å². The molecule has 5 heteroatoms. The maximum absolute atomic E-state index is 11.0. The van der Waals surface area contributed by atoms with E-state index in [4.69, 9.17) is 5.11 Å². The van der Waals surface area contributed by atoms with E-state index in [2.05, 4.69) is 16.0 Å². The lowest BCUT2D eigenvalue weighted by atomic mass is 10.00. The van der Waals surface area contributed by atoms with Gasteiger partial charge in [0, 0.05) is 29.3 Å². The maximum Gasteiger partial charge on any atom is 0.404 e. The zero-order valence-electron chi connectivity index (χ0n) is 15.4. The van der Waals surface area contributed by atoms with Gasteiger partial charge in [-0.05, 0) is 54.8 Å². The Bertz CT molecular complexity index is 925. The van der Waals surface area contributed by atoms with Crippen LogP contribution in [0.25, 0.3) is 0 Å². The molecular formula is C22H23N3O2. The van der Waals surface area contributed by atoms with E-state index in [1.165, 1.54) is 0 Å². The smallest absolute Gasteiger partial charge is 0.404 e. The van der Waals surface area contributed by atoms with E-state index in [1.54, 1.807) is 0 Å². The Balaban J connectivity index is 2.02. The van der Waals surface area contributed by atoms with Crippen LogP contribution in [-0.4, -0.2) is 11.2 Å². The number of para-hydroxylation sites is 2. The van der Waals surface area contributed by atoms with Crippen LogP contribution in [0.15, 0.2) is 66.7 Å². The summed E-state index contributed by atoms with van der Waals surface area (Å²) in [7, 11) is 0. The van der Waals surface area contributed by atoms with Crippen LogP contribution >= 0.6 is 0 Å². The van der Waals surface area contributed by atoms with Crippen LogP contribution in [-0.2, 0) is 6.54 Å². The maximum atomic E-state index is 11.0. The van der Waals surface area contributed by atoms with Gasteiger partial charge in [-0.3, -0.25) is 0 Å². The highest BCUT2D eigenvalue weighted by Crippen LogP contribution is 2.35. The number of carboxylic acid groups (broad SMARTS) is 1. The molecule has 3 aromatic carbocycles. The Kier molecular flexibility index (Phi) is 5.61. The van der Waals surface area contributed by atoms with E-state index >= 15 is 0 Å². The minimum atomic E-state index is -1.04. The highest BCUT2D eigenvalue weighted by atomic mass is 16.4. The number of amides is 1. The van der Waals surface area contributed by atoms with Gasteiger partial charge in [-0.1, -0.05) is 42.5 Å². The average Bonchev–Trinajstić information content (AvgIpc) is 2.67.